The molecule has 0 aromatic heterocycles. The molecule has 4 aliphatic rings. The minimum absolute atomic E-state index is 0.137. The standard InChI is InChI=1S/C34H30FN3O5/c1-18-11-13-20(14-12-18)36-38-31(41)25-17-24-21(15-16-22-27(24)32(42)37(2)30(22)40)28(23-9-6-10-26(35)29(23)39)34(25,33(38)43)19-7-4-3-5-8-19/h3-15,22,24-25,27-28,36,39H,16-17H2,1-2H3/t22-,24+,25-,27-,28+,34+/m0/s1. The van der Waals surface area contributed by atoms with E-state index in [-0.39, 0.29) is 30.2 Å². The molecular formula is C34H30FN3O5. The number of phenolic OH excluding ortho intramolecular Hbond substituents is 1. The number of benzene rings is 3. The molecule has 0 radical (unpaired) electrons. The number of anilines is 1. The van der Waals surface area contributed by atoms with Crippen LogP contribution in [-0.4, -0.2) is 45.7 Å². The van der Waals surface area contributed by atoms with Crippen molar-refractivity contribution in [2.45, 2.75) is 31.1 Å². The molecule has 3 aromatic carbocycles. The molecular weight excluding hydrogens is 549 g/mol. The first-order valence-electron chi connectivity index (χ1n) is 14.4. The van der Waals surface area contributed by atoms with Crippen LogP contribution in [0.4, 0.5) is 10.1 Å². The number of hydrazine groups is 1. The summed E-state index contributed by atoms with van der Waals surface area (Å²) in [6.45, 7) is 1.93. The second-order valence-electron chi connectivity index (χ2n) is 12.0. The number of carbonyl (C=O) groups excluding carboxylic acids is 4. The zero-order valence-electron chi connectivity index (χ0n) is 23.7. The van der Waals surface area contributed by atoms with E-state index < -0.39 is 58.4 Å². The highest BCUT2D eigenvalue weighted by atomic mass is 19.1. The number of aryl methyl sites for hydroxylation is 1. The number of aromatic hydroxyl groups is 1. The van der Waals surface area contributed by atoms with Crippen LogP contribution in [0.2, 0.25) is 0 Å². The van der Waals surface area contributed by atoms with Gasteiger partial charge >= 0.3 is 0 Å². The third-order valence-electron chi connectivity index (χ3n) is 9.94. The summed E-state index contributed by atoms with van der Waals surface area (Å²) in [6, 6.07) is 20.4. The predicted molar refractivity (Wildman–Crippen MR) is 155 cm³/mol. The maximum absolute atomic E-state index is 15.0. The van der Waals surface area contributed by atoms with Crippen LogP contribution in [-0.2, 0) is 24.6 Å². The highest BCUT2D eigenvalue weighted by molar-refractivity contribution is 6.13. The first-order chi connectivity index (χ1) is 20.7. The van der Waals surface area contributed by atoms with E-state index in [1.54, 1.807) is 42.5 Å². The first kappa shape index (κ1) is 27.1. The summed E-state index contributed by atoms with van der Waals surface area (Å²) in [4.78, 5) is 57.0. The van der Waals surface area contributed by atoms with E-state index >= 15 is 4.39 Å². The molecule has 8 nitrogen and oxygen atoms in total. The fourth-order valence-electron chi connectivity index (χ4n) is 8.01. The van der Waals surface area contributed by atoms with Crippen molar-refractivity contribution in [1.82, 2.24) is 9.91 Å². The molecule has 43 heavy (non-hydrogen) atoms. The largest absolute Gasteiger partial charge is 0.505 e. The van der Waals surface area contributed by atoms with Gasteiger partial charge in [0.25, 0.3) is 11.8 Å². The van der Waals surface area contributed by atoms with Crippen molar-refractivity contribution < 1.29 is 28.7 Å². The van der Waals surface area contributed by atoms with Crippen molar-refractivity contribution in [2.24, 2.45) is 23.7 Å². The number of nitrogens with zero attached hydrogens (tertiary/aromatic N) is 2. The number of phenols is 1. The molecule has 0 unspecified atom stereocenters. The minimum atomic E-state index is -1.56. The second kappa shape index (κ2) is 9.62. The van der Waals surface area contributed by atoms with E-state index in [9.17, 15) is 24.3 Å². The quantitative estimate of drug-likeness (QED) is 0.349. The molecule has 2 aliphatic carbocycles. The number of likely N-dealkylation sites (tertiary alicyclic amines) is 1. The summed E-state index contributed by atoms with van der Waals surface area (Å²) >= 11 is 0. The van der Waals surface area contributed by atoms with Crippen molar-refractivity contribution in [1.29, 1.82) is 0 Å². The van der Waals surface area contributed by atoms with E-state index in [2.05, 4.69) is 5.43 Å². The average molecular weight is 580 g/mol. The Kier molecular flexibility index (Phi) is 6.06. The SMILES string of the molecule is Cc1ccc(NN2C(=O)[C@@H]3C[C@@H]4C(=CC[C@@H]5C(=O)N(C)C(=O)[C@@H]54)[C@H](c4cccc(F)c4O)[C@]3(c3ccccc3)C2=O)cc1. The fraction of sp³-hybridized carbons (Fsp3) is 0.294. The highest BCUT2D eigenvalue weighted by Gasteiger charge is 2.70. The summed E-state index contributed by atoms with van der Waals surface area (Å²) < 4.78 is 15.0. The molecule has 2 saturated heterocycles. The first-order valence-corrected chi connectivity index (χ1v) is 14.4. The number of halogens is 1. The maximum atomic E-state index is 15.0. The lowest BCUT2D eigenvalue weighted by Gasteiger charge is -2.50. The molecule has 2 N–H and O–H groups in total. The molecule has 2 heterocycles. The average Bonchev–Trinajstić information content (AvgIpc) is 3.37. The van der Waals surface area contributed by atoms with Crippen molar-refractivity contribution in [3.63, 3.8) is 0 Å². The zero-order valence-corrected chi connectivity index (χ0v) is 23.7. The number of hydrogen-bond donors (Lipinski definition) is 2. The van der Waals surface area contributed by atoms with Crippen molar-refractivity contribution in [3.05, 3.63) is 107 Å². The number of fused-ring (bicyclic) bond motifs is 4. The normalized spacial score (nSPS) is 29.7. The number of carbonyl (C=O) groups is 4. The van der Waals surface area contributed by atoms with E-state index in [1.807, 2.05) is 31.2 Å². The number of rotatable bonds is 4. The van der Waals surface area contributed by atoms with Crippen molar-refractivity contribution in [3.8, 4) is 5.75 Å². The van der Waals surface area contributed by atoms with Crippen LogP contribution < -0.4 is 5.43 Å². The molecule has 3 fully saturated rings. The van der Waals surface area contributed by atoms with Gasteiger partial charge in [0.05, 0.1) is 28.9 Å². The Balaban J connectivity index is 1.48. The molecule has 6 atom stereocenters. The van der Waals surface area contributed by atoms with Gasteiger partial charge in [-0.3, -0.25) is 29.5 Å². The number of amides is 4. The number of nitrogens with one attached hydrogen (secondary N) is 1. The number of hydrogen-bond acceptors (Lipinski definition) is 6. The van der Waals surface area contributed by atoms with Crippen molar-refractivity contribution >= 4 is 29.3 Å². The molecule has 0 spiro atoms. The summed E-state index contributed by atoms with van der Waals surface area (Å²) in [5, 5.41) is 12.2. The Labute approximate surface area is 247 Å². The van der Waals surface area contributed by atoms with Crippen LogP contribution in [0.5, 0.6) is 5.75 Å². The van der Waals surface area contributed by atoms with Gasteiger partial charge < -0.3 is 5.11 Å². The number of para-hydroxylation sites is 1. The monoisotopic (exact) mass is 579 g/mol. The van der Waals surface area contributed by atoms with Gasteiger partial charge in [-0.25, -0.2) is 4.39 Å². The van der Waals surface area contributed by atoms with Gasteiger partial charge in [-0.2, -0.15) is 5.01 Å². The molecule has 0 bridgehead atoms. The Morgan fingerprint density at radius 3 is 2.33 bits per heavy atom. The van der Waals surface area contributed by atoms with Gasteiger partial charge in [0, 0.05) is 18.5 Å². The third-order valence-corrected chi connectivity index (χ3v) is 9.94. The van der Waals surface area contributed by atoms with Crippen LogP contribution in [0, 0.1) is 36.4 Å². The van der Waals surface area contributed by atoms with Crippen LogP contribution in [0.15, 0.2) is 84.4 Å². The number of imide groups is 2. The van der Waals surface area contributed by atoms with Crippen LogP contribution in [0.25, 0.3) is 0 Å². The minimum Gasteiger partial charge on any atom is -0.505 e. The maximum Gasteiger partial charge on any atom is 0.260 e. The molecule has 2 aliphatic heterocycles. The van der Waals surface area contributed by atoms with Crippen LogP contribution in [0.1, 0.15) is 35.4 Å². The van der Waals surface area contributed by atoms with E-state index in [0.29, 0.717) is 16.8 Å². The molecule has 7 rings (SSSR count). The van der Waals surface area contributed by atoms with Gasteiger partial charge in [-0.1, -0.05) is 71.8 Å². The van der Waals surface area contributed by atoms with Gasteiger partial charge in [-0.05, 0) is 49.4 Å². The highest BCUT2D eigenvalue weighted by Crippen LogP contribution is 2.64. The predicted octanol–water partition coefficient (Wildman–Crippen LogP) is 4.45. The number of allylic oxidation sites excluding steroid dienone is 2. The molecule has 4 amide bonds. The summed E-state index contributed by atoms with van der Waals surface area (Å²) in [5.74, 6) is -6.89. The van der Waals surface area contributed by atoms with Crippen LogP contribution in [0.3, 0.4) is 0 Å². The fourth-order valence-corrected chi connectivity index (χ4v) is 8.01. The molecule has 3 aromatic rings. The Bertz CT molecular complexity index is 1720. The molecule has 218 valence electrons. The van der Waals surface area contributed by atoms with E-state index in [4.69, 9.17) is 0 Å². The van der Waals surface area contributed by atoms with E-state index in [1.165, 1.54) is 13.1 Å². The smallest absolute Gasteiger partial charge is 0.260 e. The Morgan fingerprint density at radius 1 is 0.884 bits per heavy atom. The zero-order chi connectivity index (χ0) is 30.2. The van der Waals surface area contributed by atoms with Gasteiger partial charge in [-0.15, -0.1) is 0 Å². The Morgan fingerprint density at radius 2 is 1.60 bits per heavy atom. The topological polar surface area (TPSA) is 107 Å². The van der Waals surface area contributed by atoms with Crippen molar-refractivity contribution in [2.75, 3.05) is 12.5 Å². The lowest BCUT2D eigenvalue weighted by Crippen LogP contribution is -2.53. The summed E-state index contributed by atoms with van der Waals surface area (Å²) in [7, 11) is 1.47. The van der Waals surface area contributed by atoms with Gasteiger partial charge in [0.1, 0.15) is 0 Å². The molecule has 9 heteroatoms. The summed E-state index contributed by atoms with van der Waals surface area (Å²) in [5.41, 5.74) is 4.37. The third kappa shape index (κ3) is 3.66. The van der Waals surface area contributed by atoms with Crippen LogP contribution >= 0.6 is 0 Å². The van der Waals surface area contributed by atoms with E-state index in [0.717, 1.165) is 21.5 Å². The summed E-state index contributed by atoms with van der Waals surface area (Å²) in [6.07, 6.45) is 2.28. The lowest BCUT2D eigenvalue weighted by atomic mass is 9.49. The van der Waals surface area contributed by atoms with Gasteiger partial charge in [0.15, 0.2) is 11.6 Å². The van der Waals surface area contributed by atoms with Gasteiger partial charge in [0.2, 0.25) is 11.8 Å². The Hall–Kier alpha value is -4.79. The molecule has 1 saturated carbocycles. The second-order valence-corrected chi connectivity index (χ2v) is 12.0. The lowest BCUT2D eigenvalue weighted by molar-refractivity contribution is -0.140.